The lowest BCUT2D eigenvalue weighted by atomic mass is 10.2. The molecule has 0 aliphatic carbocycles. The number of benzene rings is 1. The minimum Gasteiger partial charge on any atom is -0.492 e. The highest BCUT2D eigenvalue weighted by molar-refractivity contribution is 7.10. The van der Waals surface area contributed by atoms with Crippen LogP contribution >= 0.6 is 11.3 Å². The van der Waals surface area contributed by atoms with Gasteiger partial charge in [-0.25, -0.2) is 4.39 Å². The topological polar surface area (TPSA) is 55.6 Å². The number of ether oxygens (including phenoxy) is 1. The first-order valence-electron chi connectivity index (χ1n) is 6.50. The number of hydrogen-bond acceptors (Lipinski definition) is 4. The van der Waals surface area contributed by atoms with Crippen molar-refractivity contribution in [2.75, 3.05) is 20.2 Å². The third-order valence-electron chi connectivity index (χ3n) is 2.98. The maximum Gasteiger partial charge on any atom is 0.244 e. The zero-order valence-electron chi connectivity index (χ0n) is 11.7. The molecule has 21 heavy (non-hydrogen) atoms. The van der Waals surface area contributed by atoms with Crippen LogP contribution in [0, 0.1) is 5.82 Å². The van der Waals surface area contributed by atoms with Crippen molar-refractivity contribution in [1.82, 2.24) is 4.90 Å². The van der Waals surface area contributed by atoms with Gasteiger partial charge in [-0.1, -0.05) is 12.1 Å². The van der Waals surface area contributed by atoms with Crippen molar-refractivity contribution in [3.63, 3.8) is 0 Å². The van der Waals surface area contributed by atoms with Gasteiger partial charge in [0.15, 0.2) is 0 Å². The fraction of sp³-hybridized carbons (Fsp3) is 0.267. The van der Waals surface area contributed by atoms with Gasteiger partial charge in [0.05, 0.1) is 6.54 Å². The predicted molar refractivity (Wildman–Crippen MR) is 80.8 cm³/mol. The monoisotopic (exact) mass is 308 g/mol. The highest BCUT2D eigenvalue weighted by Gasteiger charge is 2.20. The molecule has 4 nitrogen and oxygen atoms in total. The Morgan fingerprint density at radius 3 is 2.90 bits per heavy atom. The molecule has 0 saturated carbocycles. The second-order valence-electron chi connectivity index (χ2n) is 4.56. The summed E-state index contributed by atoms with van der Waals surface area (Å²) in [5.41, 5.74) is 5.92. The number of amides is 1. The van der Waals surface area contributed by atoms with Gasteiger partial charge in [0.1, 0.15) is 24.2 Å². The highest BCUT2D eigenvalue weighted by Crippen LogP contribution is 2.18. The third-order valence-corrected chi connectivity index (χ3v) is 3.94. The number of nitrogens with two attached hydrogens (primary N) is 1. The number of carbonyl (C=O) groups is 1. The minimum absolute atomic E-state index is 0.166. The van der Waals surface area contributed by atoms with E-state index in [4.69, 9.17) is 10.5 Å². The van der Waals surface area contributed by atoms with Gasteiger partial charge >= 0.3 is 0 Å². The Bertz CT molecular complexity index is 589. The molecule has 0 fully saturated rings. The Hall–Kier alpha value is -1.92. The van der Waals surface area contributed by atoms with Crippen molar-refractivity contribution in [3.8, 4) is 5.75 Å². The summed E-state index contributed by atoms with van der Waals surface area (Å²) in [5.74, 6) is -0.0738. The molecule has 0 bridgehead atoms. The normalized spacial score (nSPS) is 12.0. The lowest BCUT2D eigenvalue weighted by molar-refractivity contribution is -0.131. The van der Waals surface area contributed by atoms with Crippen LogP contribution < -0.4 is 10.5 Å². The number of hydrogen-bond donors (Lipinski definition) is 1. The molecule has 1 amide bonds. The zero-order valence-corrected chi connectivity index (χ0v) is 12.5. The Labute approximate surface area is 126 Å². The summed E-state index contributed by atoms with van der Waals surface area (Å²) in [7, 11) is 1.67. The van der Waals surface area contributed by atoms with Crippen LogP contribution in [-0.2, 0) is 4.79 Å². The molecule has 0 saturated heterocycles. The van der Waals surface area contributed by atoms with Crippen molar-refractivity contribution < 1.29 is 13.9 Å². The van der Waals surface area contributed by atoms with E-state index in [1.165, 1.54) is 28.4 Å². The molecule has 1 heterocycles. The van der Waals surface area contributed by atoms with Crippen LogP contribution in [0.1, 0.15) is 10.9 Å². The molecule has 0 spiro atoms. The van der Waals surface area contributed by atoms with Crippen molar-refractivity contribution in [3.05, 3.63) is 52.5 Å². The molecule has 1 atom stereocenters. The second kappa shape index (κ2) is 7.19. The predicted octanol–water partition coefficient (Wildman–Crippen LogP) is 2.42. The van der Waals surface area contributed by atoms with Crippen LogP contribution in [-0.4, -0.2) is 31.0 Å². The molecule has 1 aromatic carbocycles. The second-order valence-corrected chi connectivity index (χ2v) is 5.54. The first kappa shape index (κ1) is 15.5. The maximum atomic E-state index is 13.0. The lowest BCUT2D eigenvalue weighted by Crippen LogP contribution is -2.37. The maximum absolute atomic E-state index is 13.0. The number of carbonyl (C=O) groups excluding carboxylic acids is 1. The fourth-order valence-corrected chi connectivity index (χ4v) is 2.51. The summed E-state index contributed by atoms with van der Waals surface area (Å²) in [4.78, 5) is 14.5. The fourth-order valence-electron chi connectivity index (χ4n) is 1.79. The quantitative estimate of drug-likeness (QED) is 0.891. The molecule has 0 aliphatic rings. The van der Waals surface area contributed by atoms with Gasteiger partial charge in [-0.3, -0.25) is 4.79 Å². The largest absolute Gasteiger partial charge is 0.492 e. The Kier molecular flexibility index (Phi) is 5.30. The van der Waals surface area contributed by atoms with E-state index in [1.54, 1.807) is 19.2 Å². The van der Waals surface area contributed by atoms with E-state index in [-0.39, 0.29) is 18.3 Å². The Balaban J connectivity index is 1.81. The molecule has 0 radical (unpaired) electrons. The van der Waals surface area contributed by atoms with Crippen molar-refractivity contribution >= 4 is 17.2 Å². The van der Waals surface area contributed by atoms with E-state index in [1.807, 2.05) is 17.5 Å². The van der Waals surface area contributed by atoms with Crippen molar-refractivity contribution in [1.29, 1.82) is 0 Å². The molecule has 6 heteroatoms. The van der Waals surface area contributed by atoms with Crippen LogP contribution in [0.15, 0.2) is 41.8 Å². The molecule has 112 valence electrons. The number of likely N-dealkylation sites (N-methyl/N-ethyl adjacent to an activating group) is 1. The van der Waals surface area contributed by atoms with E-state index in [2.05, 4.69) is 0 Å². The summed E-state index contributed by atoms with van der Waals surface area (Å²) in [6.45, 7) is 0.664. The average molecular weight is 308 g/mol. The van der Waals surface area contributed by atoms with Crippen molar-refractivity contribution in [2.45, 2.75) is 6.04 Å². The lowest BCUT2D eigenvalue weighted by Gasteiger charge is -2.20. The molecule has 1 aromatic heterocycles. The van der Waals surface area contributed by atoms with E-state index in [0.29, 0.717) is 12.3 Å². The first-order chi connectivity index (χ1) is 10.1. The number of rotatable bonds is 6. The molecular formula is C15H17FN2O2S. The van der Waals surface area contributed by atoms with Gasteiger partial charge in [0, 0.05) is 18.0 Å². The molecule has 2 aromatic rings. The van der Waals surface area contributed by atoms with Crippen LogP contribution in [0.2, 0.25) is 0 Å². The third kappa shape index (κ3) is 4.27. The number of halogens is 1. The highest BCUT2D eigenvalue weighted by atomic mass is 32.1. The van der Waals surface area contributed by atoms with Crippen LogP contribution in [0.25, 0.3) is 0 Å². The standard InChI is InChI=1S/C15H17FN2O2S/c1-18(15(19)14(17)13-6-3-9-21-13)7-8-20-12-5-2-4-11(16)10-12/h2-6,9-10,14H,7-8,17H2,1H3. The van der Waals surface area contributed by atoms with Gasteiger partial charge in [0.2, 0.25) is 5.91 Å². The van der Waals surface area contributed by atoms with Gasteiger partial charge in [-0.2, -0.15) is 0 Å². The summed E-state index contributed by atoms with van der Waals surface area (Å²) < 4.78 is 18.4. The summed E-state index contributed by atoms with van der Waals surface area (Å²) in [6.07, 6.45) is 0. The van der Waals surface area contributed by atoms with Crippen LogP contribution in [0.3, 0.4) is 0 Å². The first-order valence-corrected chi connectivity index (χ1v) is 7.38. The zero-order chi connectivity index (χ0) is 15.2. The van der Waals surface area contributed by atoms with Gasteiger partial charge < -0.3 is 15.4 Å². The number of thiophene rings is 1. The Morgan fingerprint density at radius 2 is 2.24 bits per heavy atom. The van der Waals surface area contributed by atoms with Crippen LogP contribution in [0.4, 0.5) is 4.39 Å². The molecule has 0 aliphatic heterocycles. The minimum atomic E-state index is -0.649. The number of nitrogens with zero attached hydrogens (tertiary/aromatic N) is 1. The van der Waals surface area contributed by atoms with Crippen LogP contribution in [0.5, 0.6) is 5.75 Å². The molecular weight excluding hydrogens is 291 g/mol. The van der Waals surface area contributed by atoms with E-state index in [0.717, 1.165) is 4.88 Å². The molecule has 2 N–H and O–H groups in total. The van der Waals surface area contributed by atoms with Gasteiger partial charge in [-0.05, 0) is 23.6 Å². The summed E-state index contributed by atoms with van der Waals surface area (Å²) in [6, 6.07) is 8.95. The van der Waals surface area contributed by atoms with Gasteiger partial charge in [0.25, 0.3) is 0 Å². The summed E-state index contributed by atoms with van der Waals surface area (Å²) in [5, 5.41) is 1.88. The SMILES string of the molecule is CN(CCOc1cccc(F)c1)C(=O)C(N)c1cccs1. The molecule has 1 unspecified atom stereocenters. The van der Waals surface area contributed by atoms with E-state index < -0.39 is 6.04 Å². The van der Waals surface area contributed by atoms with Gasteiger partial charge in [-0.15, -0.1) is 11.3 Å². The smallest absolute Gasteiger partial charge is 0.244 e. The van der Waals surface area contributed by atoms with E-state index >= 15 is 0 Å². The average Bonchev–Trinajstić information content (AvgIpc) is 3.00. The van der Waals surface area contributed by atoms with Crippen molar-refractivity contribution in [2.24, 2.45) is 5.73 Å². The van der Waals surface area contributed by atoms with E-state index in [9.17, 15) is 9.18 Å². The molecule has 2 rings (SSSR count). The summed E-state index contributed by atoms with van der Waals surface area (Å²) >= 11 is 1.45. The Morgan fingerprint density at radius 1 is 1.43 bits per heavy atom.